The summed E-state index contributed by atoms with van der Waals surface area (Å²) in [6.45, 7) is 2.40. The quantitative estimate of drug-likeness (QED) is 0.557. The van der Waals surface area contributed by atoms with Crippen molar-refractivity contribution in [3.8, 4) is 23.0 Å². The van der Waals surface area contributed by atoms with Gasteiger partial charge in [0.2, 0.25) is 0 Å². The minimum absolute atomic E-state index is 0.0410. The van der Waals surface area contributed by atoms with Gasteiger partial charge in [-0.3, -0.25) is 4.98 Å². The normalized spacial score (nSPS) is 14.4. The number of halogens is 1. The number of aromatic hydroxyl groups is 1. The average molecular weight is 406 g/mol. The lowest BCUT2D eigenvalue weighted by molar-refractivity contribution is 0.122. The number of phenolic OH excluding ortho intramolecular Hbond substituents is 1. The molecule has 152 valence electrons. The molecular weight excluding hydrogens is 387 g/mol. The van der Waals surface area contributed by atoms with E-state index in [-0.39, 0.29) is 23.0 Å². The number of methoxy groups -OCH3 is 1. The van der Waals surface area contributed by atoms with Gasteiger partial charge in [0, 0.05) is 24.8 Å². The lowest BCUT2D eigenvalue weighted by Gasteiger charge is -2.28. The van der Waals surface area contributed by atoms with Crippen molar-refractivity contribution in [3.05, 3.63) is 48.4 Å². The van der Waals surface area contributed by atoms with Gasteiger partial charge in [0.1, 0.15) is 22.8 Å². The molecule has 1 N–H and O–H groups in total. The lowest BCUT2D eigenvalue weighted by Crippen LogP contribution is -2.37. The zero-order valence-electron chi connectivity index (χ0n) is 16.3. The van der Waals surface area contributed by atoms with Crippen LogP contribution in [0.2, 0.25) is 0 Å². The van der Waals surface area contributed by atoms with Crippen LogP contribution in [0.5, 0.6) is 11.8 Å². The highest BCUT2D eigenvalue weighted by Crippen LogP contribution is 2.36. The van der Waals surface area contributed by atoms with Crippen molar-refractivity contribution in [2.75, 3.05) is 38.3 Å². The fourth-order valence-electron chi connectivity index (χ4n) is 3.81. The molecule has 2 aromatic heterocycles. The van der Waals surface area contributed by atoms with Crippen LogP contribution in [0.3, 0.4) is 0 Å². The summed E-state index contributed by atoms with van der Waals surface area (Å²) in [4.78, 5) is 15.1. The number of hydrogen-bond acceptors (Lipinski definition) is 7. The van der Waals surface area contributed by atoms with E-state index in [1.807, 2.05) is 29.2 Å². The Labute approximate surface area is 171 Å². The Hall–Kier alpha value is -3.52. The second kappa shape index (κ2) is 7.38. The average Bonchev–Trinajstić information content (AvgIpc) is 2.79. The molecule has 1 aliphatic heterocycles. The van der Waals surface area contributed by atoms with Crippen LogP contribution in [-0.4, -0.2) is 53.5 Å². The third-order valence-corrected chi connectivity index (χ3v) is 5.24. The zero-order chi connectivity index (χ0) is 20.7. The van der Waals surface area contributed by atoms with Crippen LogP contribution < -0.4 is 9.64 Å². The summed E-state index contributed by atoms with van der Waals surface area (Å²) < 4.78 is 26.4. The van der Waals surface area contributed by atoms with Crippen LogP contribution in [0.15, 0.2) is 42.6 Å². The first-order chi connectivity index (χ1) is 14.7. The number of morpholine rings is 1. The molecule has 1 fully saturated rings. The van der Waals surface area contributed by atoms with E-state index in [9.17, 15) is 5.11 Å². The molecule has 0 radical (unpaired) electrons. The molecule has 0 unspecified atom stereocenters. The molecule has 2 aromatic carbocycles. The number of hydrogen-bond donors (Lipinski definition) is 1. The van der Waals surface area contributed by atoms with E-state index in [1.54, 1.807) is 12.3 Å². The Morgan fingerprint density at radius 2 is 1.90 bits per heavy atom. The number of benzene rings is 2. The SMILES string of the molecule is COc1nc(N2CCOCC2)c2cnc(-c3cc(O)cc4ccccc34)c(F)c2n1. The van der Waals surface area contributed by atoms with Gasteiger partial charge in [0.05, 0.1) is 25.7 Å². The van der Waals surface area contributed by atoms with Crippen LogP contribution in [0, 0.1) is 5.82 Å². The van der Waals surface area contributed by atoms with Gasteiger partial charge in [-0.05, 0) is 22.9 Å². The third-order valence-electron chi connectivity index (χ3n) is 5.24. The van der Waals surface area contributed by atoms with Gasteiger partial charge in [0.15, 0.2) is 5.82 Å². The summed E-state index contributed by atoms with van der Waals surface area (Å²) in [7, 11) is 1.45. The molecule has 0 saturated carbocycles. The summed E-state index contributed by atoms with van der Waals surface area (Å²) in [6.07, 6.45) is 1.58. The van der Waals surface area contributed by atoms with Crippen LogP contribution in [0.25, 0.3) is 32.9 Å². The number of fused-ring (bicyclic) bond motifs is 2. The molecule has 0 amide bonds. The molecule has 3 heterocycles. The van der Waals surface area contributed by atoms with Crippen molar-refractivity contribution in [1.29, 1.82) is 0 Å². The van der Waals surface area contributed by atoms with Crippen molar-refractivity contribution in [2.45, 2.75) is 0 Å². The topological polar surface area (TPSA) is 80.6 Å². The minimum atomic E-state index is -0.585. The highest BCUT2D eigenvalue weighted by atomic mass is 19.1. The summed E-state index contributed by atoms with van der Waals surface area (Å²) in [5.74, 6) is 0.0246. The molecule has 4 aromatic rings. The van der Waals surface area contributed by atoms with Gasteiger partial charge in [-0.1, -0.05) is 24.3 Å². The van der Waals surface area contributed by atoms with Gasteiger partial charge in [0.25, 0.3) is 0 Å². The molecule has 7 nitrogen and oxygen atoms in total. The van der Waals surface area contributed by atoms with Gasteiger partial charge in [-0.25, -0.2) is 4.39 Å². The van der Waals surface area contributed by atoms with E-state index in [4.69, 9.17) is 9.47 Å². The van der Waals surface area contributed by atoms with Crippen molar-refractivity contribution >= 4 is 27.5 Å². The van der Waals surface area contributed by atoms with Crippen molar-refractivity contribution in [3.63, 3.8) is 0 Å². The zero-order valence-corrected chi connectivity index (χ0v) is 16.3. The molecule has 1 saturated heterocycles. The minimum Gasteiger partial charge on any atom is -0.508 e. The van der Waals surface area contributed by atoms with E-state index in [2.05, 4.69) is 15.0 Å². The fraction of sp³-hybridized carbons (Fsp3) is 0.227. The summed E-state index contributed by atoms with van der Waals surface area (Å²) in [5, 5.41) is 12.2. The van der Waals surface area contributed by atoms with Crippen molar-refractivity contribution in [2.24, 2.45) is 0 Å². The van der Waals surface area contributed by atoms with Crippen LogP contribution in [0.1, 0.15) is 0 Å². The van der Waals surface area contributed by atoms with E-state index < -0.39 is 5.82 Å². The number of aromatic nitrogens is 3. The monoisotopic (exact) mass is 406 g/mol. The second-order valence-corrected chi connectivity index (χ2v) is 7.03. The predicted octanol–water partition coefficient (Wildman–Crippen LogP) is 3.53. The molecule has 0 aliphatic carbocycles. The van der Waals surface area contributed by atoms with Gasteiger partial charge >= 0.3 is 6.01 Å². The first kappa shape index (κ1) is 18.5. The number of pyridine rings is 1. The predicted molar refractivity (Wildman–Crippen MR) is 111 cm³/mol. The first-order valence-electron chi connectivity index (χ1n) is 9.61. The highest BCUT2D eigenvalue weighted by molar-refractivity contribution is 5.99. The Bertz CT molecular complexity index is 1260. The van der Waals surface area contributed by atoms with Crippen molar-refractivity contribution in [1.82, 2.24) is 15.0 Å². The summed E-state index contributed by atoms with van der Waals surface area (Å²) >= 11 is 0. The summed E-state index contributed by atoms with van der Waals surface area (Å²) in [5.41, 5.74) is 0.736. The number of ether oxygens (including phenoxy) is 2. The number of rotatable bonds is 3. The molecular formula is C22H19FN4O3. The fourth-order valence-corrected chi connectivity index (χ4v) is 3.81. The van der Waals surface area contributed by atoms with Crippen LogP contribution in [-0.2, 0) is 4.74 Å². The molecule has 8 heteroatoms. The van der Waals surface area contributed by atoms with Crippen LogP contribution in [0.4, 0.5) is 10.2 Å². The second-order valence-electron chi connectivity index (χ2n) is 7.03. The largest absolute Gasteiger partial charge is 0.508 e. The summed E-state index contributed by atoms with van der Waals surface area (Å²) in [6, 6.07) is 10.7. The Morgan fingerprint density at radius 3 is 2.70 bits per heavy atom. The number of anilines is 1. The number of nitrogens with zero attached hydrogens (tertiary/aromatic N) is 4. The molecule has 0 bridgehead atoms. The molecule has 0 spiro atoms. The van der Waals surface area contributed by atoms with E-state index >= 15 is 4.39 Å². The third kappa shape index (κ3) is 3.05. The Balaban J connectivity index is 1.76. The maximum atomic E-state index is 15.7. The van der Waals surface area contributed by atoms with Crippen LogP contribution >= 0.6 is 0 Å². The van der Waals surface area contributed by atoms with E-state index in [0.717, 1.165) is 10.8 Å². The lowest BCUT2D eigenvalue weighted by atomic mass is 10.0. The number of phenols is 1. The highest BCUT2D eigenvalue weighted by Gasteiger charge is 2.23. The standard InChI is InChI=1S/C22H19FN4O3/c1-29-22-25-20-17(21(26-22)27-6-8-30-9-7-27)12-24-19(18(20)23)16-11-14(28)10-13-4-2-3-5-15(13)16/h2-5,10-12,28H,6-9H2,1H3. The van der Waals surface area contributed by atoms with Gasteiger partial charge in [-0.2, -0.15) is 9.97 Å². The van der Waals surface area contributed by atoms with E-state index in [1.165, 1.54) is 13.2 Å². The maximum Gasteiger partial charge on any atom is 0.318 e. The maximum absolute atomic E-state index is 15.7. The first-order valence-corrected chi connectivity index (χ1v) is 9.61. The van der Waals surface area contributed by atoms with E-state index in [0.29, 0.717) is 43.1 Å². The van der Waals surface area contributed by atoms with Gasteiger partial charge in [-0.15, -0.1) is 0 Å². The van der Waals surface area contributed by atoms with Crippen molar-refractivity contribution < 1.29 is 19.0 Å². The molecule has 5 rings (SSSR count). The molecule has 0 atom stereocenters. The van der Waals surface area contributed by atoms with Gasteiger partial charge < -0.3 is 19.5 Å². The smallest absolute Gasteiger partial charge is 0.318 e. The molecule has 1 aliphatic rings. The Kier molecular flexibility index (Phi) is 4.55. The molecule has 30 heavy (non-hydrogen) atoms. The Morgan fingerprint density at radius 1 is 1.10 bits per heavy atom.